The molecule has 0 amide bonds. The van der Waals surface area contributed by atoms with Gasteiger partial charge in [0.15, 0.2) is 6.10 Å². The number of piperidine rings is 1. The number of aromatic amines is 1. The largest absolute Gasteiger partial charge is 0.497 e. The van der Waals surface area contributed by atoms with Crippen molar-refractivity contribution in [2.24, 2.45) is 5.16 Å². The van der Waals surface area contributed by atoms with E-state index >= 15 is 0 Å². The van der Waals surface area contributed by atoms with Crippen molar-refractivity contribution in [3.8, 4) is 5.75 Å². The maximum absolute atomic E-state index is 12.5. The Morgan fingerprint density at radius 2 is 1.97 bits per heavy atom. The number of halogens is 1. The molecule has 5 rings (SSSR count). The average molecular weight is 441 g/mol. The smallest absolute Gasteiger partial charge is 0.326 e. The molecule has 1 aromatic heterocycles. The molecule has 3 heterocycles. The van der Waals surface area contributed by atoms with Crippen LogP contribution < -0.4 is 10.4 Å². The molecule has 0 saturated carbocycles. The Labute approximate surface area is 185 Å². The van der Waals surface area contributed by atoms with Crippen LogP contribution in [0.1, 0.15) is 37.0 Å². The SMILES string of the molecule is COc1ccc(C2CC(CN3CCC(n4c(=O)[nH]c5ccc(Cl)cc54)CC3)=NO2)cc1. The number of nitrogens with zero attached hydrogens (tertiary/aromatic N) is 3. The Morgan fingerprint density at radius 1 is 1.19 bits per heavy atom. The van der Waals surface area contributed by atoms with Gasteiger partial charge in [0.2, 0.25) is 0 Å². The monoisotopic (exact) mass is 440 g/mol. The van der Waals surface area contributed by atoms with E-state index in [0.29, 0.717) is 5.02 Å². The molecule has 1 saturated heterocycles. The second-order valence-corrected chi connectivity index (χ2v) is 8.63. The summed E-state index contributed by atoms with van der Waals surface area (Å²) >= 11 is 6.16. The van der Waals surface area contributed by atoms with Gasteiger partial charge in [-0.1, -0.05) is 28.9 Å². The third-order valence-electron chi connectivity index (χ3n) is 6.23. The van der Waals surface area contributed by atoms with E-state index in [1.807, 2.05) is 41.0 Å². The fourth-order valence-electron chi connectivity index (χ4n) is 4.57. The zero-order valence-corrected chi connectivity index (χ0v) is 18.1. The van der Waals surface area contributed by atoms with Gasteiger partial charge in [-0.05, 0) is 48.7 Å². The number of H-pyrrole nitrogens is 1. The Morgan fingerprint density at radius 3 is 2.71 bits per heavy atom. The lowest BCUT2D eigenvalue weighted by molar-refractivity contribution is 0.0856. The summed E-state index contributed by atoms with van der Waals surface area (Å²) in [4.78, 5) is 23.5. The summed E-state index contributed by atoms with van der Waals surface area (Å²) in [5, 5.41) is 4.97. The van der Waals surface area contributed by atoms with Crippen LogP contribution in [-0.2, 0) is 4.84 Å². The summed E-state index contributed by atoms with van der Waals surface area (Å²) in [6, 6.07) is 13.6. The zero-order chi connectivity index (χ0) is 21.4. The van der Waals surface area contributed by atoms with Crippen LogP contribution in [0.5, 0.6) is 5.75 Å². The number of imidazole rings is 1. The highest BCUT2D eigenvalue weighted by Crippen LogP contribution is 2.30. The van der Waals surface area contributed by atoms with Gasteiger partial charge in [-0.3, -0.25) is 9.47 Å². The number of hydrogen-bond donors (Lipinski definition) is 1. The summed E-state index contributed by atoms with van der Waals surface area (Å²) < 4.78 is 7.09. The molecule has 1 fully saturated rings. The van der Waals surface area contributed by atoms with Gasteiger partial charge in [0.05, 0.1) is 23.9 Å². The maximum Gasteiger partial charge on any atom is 0.326 e. The predicted octanol–water partition coefficient (Wildman–Crippen LogP) is 4.15. The highest BCUT2D eigenvalue weighted by molar-refractivity contribution is 6.31. The van der Waals surface area contributed by atoms with Crippen molar-refractivity contribution in [3.05, 3.63) is 63.5 Å². The Hall–Kier alpha value is -2.77. The first-order valence-electron chi connectivity index (χ1n) is 10.6. The fraction of sp³-hybridized carbons (Fsp3) is 0.391. The molecular weight excluding hydrogens is 416 g/mol. The minimum atomic E-state index is -0.0633. The molecule has 8 heteroatoms. The van der Waals surface area contributed by atoms with Gasteiger partial charge in [-0.15, -0.1) is 0 Å². The third-order valence-corrected chi connectivity index (χ3v) is 6.46. The van der Waals surface area contributed by atoms with E-state index in [1.54, 1.807) is 13.2 Å². The first-order chi connectivity index (χ1) is 15.1. The quantitative estimate of drug-likeness (QED) is 0.647. The Kier molecular flexibility index (Phi) is 5.46. The van der Waals surface area contributed by atoms with Crippen LogP contribution in [0, 0.1) is 0 Å². The molecule has 0 spiro atoms. The number of aromatic nitrogens is 2. The standard InChI is InChI=1S/C23H25ClN4O3/c1-30-19-5-2-15(3-6-19)22-13-17(26-31-22)14-27-10-8-18(9-11-27)28-21-12-16(24)4-7-20(21)25-23(28)29/h2-7,12,18,22H,8-11,13-14H2,1H3,(H,25,29). The number of rotatable bonds is 5. The summed E-state index contributed by atoms with van der Waals surface area (Å²) in [6.45, 7) is 2.63. The van der Waals surface area contributed by atoms with E-state index in [9.17, 15) is 4.79 Å². The van der Waals surface area contributed by atoms with Gasteiger partial charge in [0, 0.05) is 37.1 Å². The number of benzene rings is 2. The van der Waals surface area contributed by atoms with Gasteiger partial charge in [0.1, 0.15) is 5.75 Å². The molecule has 2 aliphatic heterocycles. The first-order valence-corrected chi connectivity index (χ1v) is 11.0. The minimum absolute atomic E-state index is 0.0343. The van der Waals surface area contributed by atoms with Crippen LogP contribution in [0.15, 0.2) is 52.4 Å². The number of methoxy groups -OCH3 is 1. The van der Waals surface area contributed by atoms with Crippen molar-refractivity contribution in [3.63, 3.8) is 0 Å². The van der Waals surface area contributed by atoms with Crippen LogP contribution in [0.4, 0.5) is 0 Å². The van der Waals surface area contributed by atoms with E-state index in [2.05, 4.69) is 15.0 Å². The van der Waals surface area contributed by atoms with E-state index in [0.717, 1.165) is 67.0 Å². The number of oxime groups is 1. The molecule has 2 aromatic carbocycles. The van der Waals surface area contributed by atoms with E-state index < -0.39 is 0 Å². The molecule has 1 atom stereocenters. The number of fused-ring (bicyclic) bond motifs is 1. The van der Waals surface area contributed by atoms with Crippen LogP contribution in [0.25, 0.3) is 11.0 Å². The lowest BCUT2D eigenvalue weighted by Gasteiger charge is -2.32. The van der Waals surface area contributed by atoms with E-state index in [1.165, 1.54) is 0 Å². The molecule has 1 unspecified atom stereocenters. The van der Waals surface area contributed by atoms with Crippen molar-refractivity contribution >= 4 is 28.3 Å². The van der Waals surface area contributed by atoms with E-state index in [-0.39, 0.29) is 17.8 Å². The van der Waals surface area contributed by atoms with Crippen molar-refractivity contribution in [2.45, 2.75) is 31.4 Å². The molecular formula is C23H25ClN4O3. The zero-order valence-electron chi connectivity index (χ0n) is 17.4. The topological polar surface area (TPSA) is 71.8 Å². The molecule has 0 bridgehead atoms. The summed E-state index contributed by atoms with van der Waals surface area (Å²) in [6.07, 6.45) is 2.59. The van der Waals surface area contributed by atoms with Crippen molar-refractivity contribution < 1.29 is 9.57 Å². The van der Waals surface area contributed by atoms with Crippen molar-refractivity contribution in [1.82, 2.24) is 14.5 Å². The average Bonchev–Trinajstić information content (AvgIpc) is 3.38. The minimum Gasteiger partial charge on any atom is -0.497 e. The molecule has 3 aromatic rings. The number of hydrogen-bond acceptors (Lipinski definition) is 5. The van der Waals surface area contributed by atoms with E-state index in [4.69, 9.17) is 21.2 Å². The summed E-state index contributed by atoms with van der Waals surface area (Å²) in [7, 11) is 1.66. The van der Waals surface area contributed by atoms with Crippen molar-refractivity contribution in [1.29, 1.82) is 0 Å². The van der Waals surface area contributed by atoms with Crippen LogP contribution in [0.2, 0.25) is 5.02 Å². The normalized spacial score (nSPS) is 20.1. The van der Waals surface area contributed by atoms with Gasteiger partial charge in [0.25, 0.3) is 0 Å². The summed E-state index contributed by atoms with van der Waals surface area (Å²) in [5.74, 6) is 0.835. The Balaban J connectivity index is 1.19. The molecule has 0 aliphatic carbocycles. The lowest BCUT2D eigenvalue weighted by atomic mass is 10.0. The Bertz CT molecular complexity index is 1160. The third kappa shape index (κ3) is 4.07. The molecule has 0 radical (unpaired) electrons. The summed E-state index contributed by atoms with van der Waals surface area (Å²) in [5.41, 5.74) is 3.82. The molecule has 31 heavy (non-hydrogen) atoms. The van der Waals surface area contributed by atoms with Gasteiger partial charge in [-0.25, -0.2) is 4.79 Å². The fourth-order valence-corrected chi connectivity index (χ4v) is 4.73. The molecule has 162 valence electrons. The molecule has 7 nitrogen and oxygen atoms in total. The number of ether oxygens (including phenoxy) is 1. The van der Waals surface area contributed by atoms with Gasteiger partial charge < -0.3 is 14.6 Å². The highest BCUT2D eigenvalue weighted by Gasteiger charge is 2.28. The van der Waals surface area contributed by atoms with Crippen molar-refractivity contribution in [2.75, 3.05) is 26.7 Å². The highest BCUT2D eigenvalue weighted by atomic mass is 35.5. The van der Waals surface area contributed by atoms with Crippen LogP contribution in [-0.4, -0.2) is 46.9 Å². The van der Waals surface area contributed by atoms with Gasteiger partial charge >= 0.3 is 5.69 Å². The lowest BCUT2D eigenvalue weighted by Crippen LogP contribution is -2.39. The second kappa shape index (κ2) is 8.40. The number of likely N-dealkylation sites (tertiary alicyclic amines) is 1. The first kappa shape index (κ1) is 20.2. The molecule has 2 aliphatic rings. The molecule has 1 N–H and O–H groups in total. The maximum atomic E-state index is 12.5. The second-order valence-electron chi connectivity index (χ2n) is 8.20. The number of nitrogens with one attached hydrogen (secondary N) is 1. The predicted molar refractivity (Wildman–Crippen MR) is 121 cm³/mol. The van der Waals surface area contributed by atoms with Crippen LogP contribution >= 0.6 is 11.6 Å². The van der Waals surface area contributed by atoms with Crippen LogP contribution in [0.3, 0.4) is 0 Å². The van der Waals surface area contributed by atoms with Gasteiger partial charge in [-0.2, -0.15) is 0 Å².